The van der Waals surface area contributed by atoms with Crippen molar-refractivity contribution >= 4 is 15.7 Å². The number of nitrogens with one attached hydrogen (secondary N) is 1. The Morgan fingerprint density at radius 1 is 1.04 bits per heavy atom. The predicted molar refractivity (Wildman–Crippen MR) is 95.4 cm³/mol. The van der Waals surface area contributed by atoms with Crippen molar-refractivity contribution in [1.82, 2.24) is 5.32 Å². The smallest absolute Gasteiger partial charge is 0.238 e. The Morgan fingerprint density at radius 2 is 1.64 bits per heavy atom. The fourth-order valence-electron chi connectivity index (χ4n) is 2.43. The summed E-state index contributed by atoms with van der Waals surface area (Å²) in [4.78, 5) is 12.2. The molecule has 0 radical (unpaired) electrons. The van der Waals surface area contributed by atoms with E-state index in [1.54, 1.807) is 0 Å². The molecule has 2 unspecified atom stereocenters. The normalized spacial score (nSPS) is 13.9. The summed E-state index contributed by atoms with van der Waals surface area (Å²) < 4.78 is 37.9. The molecule has 134 valence electrons. The number of amides is 1. The molecule has 0 aliphatic carbocycles. The van der Waals surface area contributed by atoms with Crippen LogP contribution in [0.5, 0.6) is 0 Å². The van der Waals surface area contributed by atoms with E-state index in [1.165, 1.54) is 19.1 Å². The predicted octanol–water partition coefficient (Wildman–Crippen LogP) is 3.13. The first kappa shape index (κ1) is 19.1. The summed E-state index contributed by atoms with van der Waals surface area (Å²) in [6, 6.07) is 14.2. The molecule has 2 atom stereocenters. The maximum absolute atomic E-state index is 13.0. The van der Waals surface area contributed by atoms with Crippen LogP contribution in [0, 0.1) is 5.82 Å². The van der Waals surface area contributed by atoms with Gasteiger partial charge in [-0.3, -0.25) is 4.79 Å². The highest BCUT2D eigenvalue weighted by atomic mass is 32.2. The van der Waals surface area contributed by atoms with E-state index < -0.39 is 26.8 Å². The summed E-state index contributed by atoms with van der Waals surface area (Å²) in [5.41, 5.74) is 1.16. The fourth-order valence-corrected chi connectivity index (χ4v) is 3.70. The molecule has 4 nitrogen and oxygen atoms in total. The Kier molecular flexibility index (Phi) is 6.31. The Bertz CT molecular complexity index is 804. The fraction of sp³-hybridized carbons (Fsp3) is 0.316. The molecule has 2 rings (SSSR count). The van der Waals surface area contributed by atoms with Crippen molar-refractivity contribution in [3.63, 3.8) is 0 Å². The molecular weight excluding hydrogens is 341 g/mol. The van der Waals surface area contributed by atoms with Gasteiger partial charge in [0.05, 0.1) is 4.90 Å². The van der Waals surface area contributed by atoms with Gasteiger partial charge in [-0.05, 0) is 56.5 Å². The lowest BCUT2D eigenvalue weighted by Crippen LogP contribution is -2.42. The van der Waals surface area contributed by atoms with E-state index >= 15 is 0 Å². The van der Waals surface area contributed by atoms with Gasteiger partial charge in [-0.1, -0.05) is 30.3 Å². The highest BCUT2D eigenvalue weighted by Gasteiger charge is 2.30. The molecule has 1 amide bonds. The van der Waals surface area contributed by atoms with Crippen LogP contribution in [0.1, 0.15) is 25.8 Å². The van der Waals surface area contributed by atoms with Crippen molar-refractivity contribution in [1.29, 1.82) is 0 Å². The number of carbonyl (C=O) groups is 1. The maximum Gasteiger partial charge on any atom is 0.238 e. The SMILES string of the molecule is CC(CCc1ccccc1)NC(=O)C(C)S(=O)(=O)c1ccc(F)cc1. The number of carbonyl (C=O) groups excluding carboxylic acids is 1. The molecule has 2 aromatic carbocycles. The summed E-state index contributed by atoms with van der Waals surface area (Å²) >= 11 is 0. The van der Waals surface area contributed by atoms with Crippen molar-refractivity contribution in [2.24, 2.45) is 0 Å². The van der Waals surface area contributed by atoms with Gasteiger partial charge in [0.25, 0.3) is 0 Å². The van der Waals surface area contributed by atoms with E-state index in [2.05, 4.69) is 5.32 Å². The lowest BCUT2D eigenvalue weighted by atomic mass is 10.1. The number of sulfone groups is 1. The molecule has 0 saturated heterocycles. The van der Waals surface area contributed by atoms with Crippen LogP contribution in [0.2, 0.25) is 0 Å². The van der Waals surface area contributed by atoms with Gasteiger partial charge in [-0.15, -0.1) is 0 Å². The molecule has 2 aromatic rings. The van der Waals surface area contributed by atoms with Gasteiger partial charge in [0.2, 0.25) is 5.91 Å². The summed E-state index contributed by atoms with van der Waals surface area (Å²) in [5, 5.41) is 1.51. The van der Waals surface area contributed by atoms with E-state index in [9.17, 15) is 17.6 Å². The number of hydrogen-bond acceptors (Lipinski definition) is 3. The topological polar surface area (TPSA) is 63.2 Å². The second kappa shape index (κ2) is 8.25. The minimum Gasteiger partial charge on any atom is -0.353 e. The van der Waals surface area contributed by atoms with Crippen LogP contribution in [0.4, 0.5) is 4.39 Å². The standard InChI is InChI=1S/C19H22FNO3S/c1-14(8-9-16-6-4-3-5-7-16)21-19(22)15(2)25(23,24)18-12-10-17(20)11-13-18/h3-7,10-15H,8-9H2,1-2H3,(H,21,22). The van der Waals surface area contributed by atoms with Crippen molar-refractivity contribution in [3.8, 4) is 0 Å². The van der Waals surface area contributed by atoms with Gasteiger partial charge in [0, 0.05) is 6.04 Å². The van der Waals surface area contributed by atoms with Gasteiger partial charge in [-0.25, -0.2) is 12.8 Å². The zero-order valence-corrected chi connectivity index (χ0v) is 15.1. The molecule has 0 saturated carbocycles. The summed E-state index contributed by atoms with van der Waals surface area (Å²) in [7, 11) is -3.85. The number of rotatable bonds is 7. The summed E-state index contributed by atoms with van der Waals surface area (Å²) in [6.07, 6.45) is 1.50. The van der Waals surface area contributed by atoms with Gasteiger partial charge in [0.15, 0.2) is 9.84 Å². The molecule has 0 aromatic heterocycles. The number of hydrogen-bond donors (Lipinski definition) is 1. The Morgan fingerprint density at radius 3 is 2.24 bits per heavy atom. The third-order valence-corrected chi connectivity index (χ3v) is 6.15. The molecule has 0 spiro atoms. The van der Waals surface area contributed by atoms with Crippen LogP contribution in [-0.4, -0.2) is 25.6 Å². The second-order valence-electron chi connectivity index (χ2n) is 6.08. The van der Waals surface area contributed by atoms with Crippen LogP contribution in [-0.2, 0) is 21.1 Å². The maximum atomic E-state index is 13.0. The minimum atomic E-state index is -3.85. The lowest BCUT2D eigenvalue weighted by Gasteiger charge is -2.18. The first-order chi connectivity index (χ1) is 11.8. The lowest BCUT2D eigenvalue weighted by molar-refractivity contribution is -0.121. The van der Waals surface area contributed by atoms with Gasteiger partial charge >= 0.3 is 0 Å². The quantitative estimate of drug-likeness (QED) is 0.769. The molecule has 0 bridgehead atoms. The van der Waals surface area contributed by atoms with Crippen molar-refractivity contribution < 1.29 is 17.6 Å². The first-order valence-electron chi connectivity index (χ1n) is 8.14. The van der Waals surface area contributed by atoms with Crippen LogP contribution >= 0.6 is 0 Å². The Labute approximate surface area is 148 Å². The van der Waals surface area contributed by atoms with Crippen LogP contribution < -0.4 is 5.32 Å². The number of benzene rings is 2. The molecule has 0 aliphatic rings. The Balaban J connectivity index is 1.95. The minimum absolute atomic E-state index is 0.0616. The van der Waals surface area contributed by atoms with E-state index in [0.29, 0.717) is 6.42 Å². The Hall–Kier alpha value is -2.21. The highest BCUT2D eigenvalue weighted by Crippen LogP contribution is 2.17. The van der Waals surface area contributed by atoms with Crippen molar-refractivity contribution in [2.75, 3.05) is 0 Å². The number of aryl methyl sites for hydroxylation is 1. The van der Waals surface area contributed by atoms with Gasteiger partial charge in [-0.2, -0.15) is 0 Å². The van der Waals surface area contributed by atoms with Gasteiger partial charge in [0.1, 0.15) is 11.1 Å². The van der Waals surface area contributed by atoms with E-state index in [4.69, 9.17) is 0 Å². The number of halogens is 1. The van der Waals surface area contributed by atoms with Gasteiger partial charge < -0.3 is 5.32 Å². The molecular formula is C19H22FNO3S. The average molecular weight is 363 g/mol. The molecule has 0 fully saturated rings. The monoisotopic (exact) mass is 363 g/mol. The van der Waals surface area contributed by atoms with Crippen LogP contribution in [0.15, 0.2) is 59.5 Å². The van der Waals surface area contributed by atoms with E-state index in [-0.39, 0.29) is 10.9 Å². The summed E-state index contributed by atoms with van der Waals surface area (Å²) in [6.45, 7) is 3.19. The zero-order valence-electron chi connectivity index (χ0n) is 14.3. The highest BCUT2D eigenvalue weighted by molar-refractivity contribution is 7.92. The third kappa shape index (κ3) is 5.13. The van der Waals surface area contributed by atoms with Crippen LogP contribution in [0.3, 0.4) is 0 Å². The van der Waals surface area contributed by atoms with Crippen molar-refractivity contribution in [3.05, 3.63) is 66.0 Å². The summed E-state index contributed by atoms with van der Waals surface area (Å²) in [5.74, 6) is -1.07. The molecule has 25 heavy (non-hydrogen) atoms. The first-order valence-corrected chi connectivity index (χ1v) is 9.69. The third-order valence-electron chi connectivity index (χ3n) is 4.07. The zero-order chi connectivity index (χ0) is 18.4. The second-order valence-corrected chi connectivity index (χ2v) is 8.34. The molecule has 6 heteroatoms. The van der Waals surface area contributed by atoms with E-state index in [1.807, 2.05) is 37.3 Å². The molecule has 1 N–H and O–H groups in total. The molecule has 0 aliphatic heterocycles. The van der Waals surface area contributed by atoms with Crippen molar-refractivity contribution in [2.45, 2.75) is 42.9 Å². The largest absolute Gasteiger partial charge is 0.353 e. The average Bonchev–Trinajstić information content (AvgIpc) is 2.60. The molecule has 0 heterocycles. The van der Waals surface area contributed by atoms with E-state index in [0.717, 1.165) is 24.1 Å². The van der Waals surface area contributed by atoms with Crippen LogP contribution in [0.25, 0.3) is 0 Å².